The SMILES string of the molecule is CC(C)(CNC(=O)c1ccc(=O)n(CC(=O)NC2CCCCC2)c1)c1ccccc1F. The van der Waals surface area contributed by atoms with Gasteiger partial charge < -0.3 is 15.2 Å². The molecule has 3 rings (SSSR count). The van der Waals surface area contributed by atoms with Crippen molar-refractivity contribution in [3.63, 3.8) is 0 Å². The summed E-state index contributed by atoms with van der Waals surface area (Å²) in [6.07, 6.45) is 6.71. The second kappa shape index (κ2) is 9.90. The number of carbonyl (C=O) groups excluding carboxylic acids is 2. The van der Waals surface area contributed by atoms with Crippen LogP contribution in [0.5, 0.6) is 0 Å². The summed E-state index contributed by atoms with van der Waals surface area (Å²) < 4.78 is 15.4. The molecule has 0 bridgehead atoms. The molecule has 0 unspecified atom stereocenters. The van der Waals surface area contributed by atoms with E-state index in [1.807, 2.05) is 13.8 Å². The van der Waals surface area contributed by atoms with Crippen LogP contribution in [-0.2, 0) is 16.8 Å². The molecular formula is C24H30FN3O3. The van der Waals surface area contributed by atoms with E-state index in [1.54, 1.807) is 18.2 Å². The van der Waals surface area contributed by atoms with E-state index in [0.717, 1.165) is 25.7 Å². The predicted molar refractivity (Wildman–Crippen MR) is 117 cm³/mol. The van der Waals surface area contributed by atoms with Gasteiger partial charge in [-0.1, -0.05) is 51.3 Å². The van der Waals surface area contributed by atoms with E-state index in [0.29, 0.717) is 5.56 Å². The third-order valence-corrected chi connectivity index (χ3v) is 5.82. The number of aromatic nitrogens is 1. The fourth-order valence-electron chi connectivity index (χ4n) is 3.97. The highest BCUT2D eigenvalue weighted by atomic mass is 19.1. The molecule has 31 heavy (non-hydrogen) atoms. The lowest BCUT2D eigenvalue weighted by Gasteiger charge is -2.26. The van der Waals surface area contributed by atoms with Crippen molar-refractivity contribution < 1.29 is 14.0 Å². The molecule has 0 atom stereocenters. The van der Waals surface area contributed by atoms with Crippen LogP contribution in [0.2, 0.25) is 0 Å². The largest absolute Gasteiger partial charge is 0.352 e. The molecule has 166 valence electrons. The highest BCUT2D eigenvalue weighted by molar-refractivity contribution is 5.94. The molecule has 1 aromatic carbocycles. The number of amides is 2. The fraction of sp³-hybridized carbons (Fsp3) is 0.458. The minimum absolute atomic E-state index is 0.128. The van der Waals surface area contributed by atoms with E-state index in [2.05, 4.69) is 10.6 Å². The van der Waals surface area contributed by atoms with Gasteiger partial charge in [-0.25, -0.2) is 4.39 Å². The van der Waals surface area contributed by atoms with E-state index in [4.69, 9.17) is 0 Å². The van der Waals surface area contributed by atoms with Crippen LogP contribution in [0.4, 0.5) is 4.39 Å². The van der Waals surface area contributed by atoms with Gasteiger partial charge in [0.15, 0.2) is 0 Å². The van der Waals surface area contributed by atoms with Crippen molar-refractivity contribution >= 4 is 11.8 Å². The minimum atomic E-state index is -0.616. The van der Waals surface area contributed by atoms with Gasteiger partial charge in [-0.15, -0.1) is 0 Å². The summed E-state index contributed by atoms with van der Waals surface area (Å²) in [6.45, 7) is 3.79. The van der Waals surface area contributed by atoms with Crippen molar-refractivity contribution in [1.82, 2.24) is 15.2 Å². The molecule has 1 heterocycles. The maximum absolute atomic E-state index is 14.1. The first-order chi connectivity index (χ1) is 14.8. The topological polar surface area (TPSA) is 80.2 Å². The standard InChI is InChI=1S/C24H30FN3O3/c1-24(2,19-10-6-7-11-20(19)25)16-26-23(31)17-12-13-22(30)28(14-17)15-21(29)27-18-8-4-3-5-9-18/h6-7,10-14,18H,3-5,8-9,15-16H2,1-2H3,(H,26,31)(H,27,29). The normalized spacial score (nSPS) is 14.8. The van der Waals surface area contributed by atoms with Crippen LogP contribution in [0.15, 0.2) is 47.4 Å². The Morgan fingerprint density at radius 2 is 1.81 bits per heavy atom. The zero-order valence-corrected chi connectivity index (χ0v) is 18.1. The first-order valence-corrected chi connectivity index (χ1v) is 10.8. The van der Waals surface area contributed by atoms with Crippen LogP contribution in [0.3, 0.4) is 0 Å². The molecule has 1 aliphatic rings. The zero-order valence-electron chi connectivity index (χ0n) is 18.1. The Balaban J connectivity index is 1.63. The van der Waals surface area contributed by atoms with Gasteiger partial charge in [0, 0.05) is 30.3 Å². The molecule has 2 N–H and O–H groups in total. The van der Waals surface area contributed by atoms with E-state index in [-0.39, 0.29) is 47.9 Å². The summed E-state index contributed by atoms with van der Waals surface area (Å²) >= 11 is 0. The molecular weight excluding hydrogens is 397 g/mol. The smallest absolute Gasteiger partial charge is 0.252 e. The van der Waals surface area contributed by atoms with E-state index in [1.165, 1.54) is 35.4 Å². The number of nitrogens with zero attached hydrogens (tertiary/aromatic N) is 1. The van der Waals surface area contributed by atoms with Gasteiger partial charge in [0.2, 0.25) is 5.91 Å². The highest BCUT2D eigenvalue weighted by Crippen LogP contribution is 2.25. The fourth-order valence-corrected chi connectivity index (χ4v) is 3.97. The van der Waals surface area contributed by atoms with E-state index < -0.39 is 5.41 Å². The average Bonchev–Trinajstić information content (AvgIpc) is 2.74. The number of benzene rings is 1. The molecule has 1 saturated carbocycles. The first kappa shape index (κ1) is 22.7. The number of hydrogen-bond acceptors (Lipinski definition) is 3. The van der Waals surface area contributed by atoms with Crippen LogP contribution in [0.1, 0.15) is 61.9 Å². The highest BCUT2D eigenvalue weighted by Gasteiger charge is 2.25. The first-order valence-electron chi connectivity index (χ1n) is 10.8. The predicted octanol–water partition coefficient (Wildman–Crippen LogP) is 3.14. The third kappa shape index (κ3) is 6.03. The van der Waals surface area contributed by atoms with Crippen molar-refractivity contribution in [2.24, 2.45) is 0 Å². The van der Waals surface area contributed by atoms with Gasteiger partial charge in [-0.05, 0) is 30.5 Å². The van der Waals surface area contributed by atoms with Gasteiger partial charge in [-0.2, -0.15) is 0 Å². The molecule has 1 aromatic heterocycles. The zero-order chi connectivity index (χ0) is 22.4. The number of halogens is 1. The summed E-state index contributed by atoms with van der Waals surface area (Å²) in [5, 5.41) is 5.79. The van der Waals surface area contributed by atoms with Crippen molar-refractivity contribution in [3.05, 3.63) is 69.9 Å². The summed E-state index contributed by atoms with van der Waals surface area (Å²) in [7, 11) is 0. The van der Waals surface area contributed by atoms with Crippen LogP contribution in [0, 0.1) is 5.82 Å². The van der Waals surface area contributed by atoms with Crippen molar-refractivity contribution in [2.75, 3.05) is 6.54 Å². The Labute approximate surface area is 181 Å². The van der Waals surface area contributed by atoms with Crippen molar-refractivity contribution in [1.29, 1.82) is 0 Å². The second-order valence-electron chi connectivity index (χ2n) is 8.83. The van der Waals surface area contributed by atoms with E-state index in [9.17, 15) is 18.8 Å². The van der Waals surface area contributed by atoms with Gasteiger partial charge >= 0.3 is 0 Å². The lowest BCUT2D eigenvalue weighted by molar-refractivity contribution is -0.122. The Kier molecular flexibility index (Phi) is 7.25. The Hall–Kier alpha value is -2.96. The van der Waals surface area contributed by atoms with Crippen LogP contribution < -0.4 is 16.2 Å². The Morgan fingerprint density at radius 3 is 2.52 bits per heavy atom. The van der Waals surface area contributed by atoms with Gasteiger partial charge in [0.05, 0.1) is 5.56 Å². The molecule has 1 aliphatic carbocycles. The monoisotopic (exact) mass is 427 g/mol. The Morgan fingerprint density at radius 1 is 1.10 bits per heavy atom. The summed E-state index contributed by atoms with van der Waals surface area (Å²) in [5.74, 6) is -0.933. The van der Waals surface area contributed by atoms with Crippen molar-refractivity contribution in [2.45, 2.75) is 64.0 Å². The average molecular weight is 428 g/mol. The summed E-state index contributed by atoms with van der Waals surface area (Å²) in [6, 6.07) is 9.36. The maximum Gasteiger partial charge on any atom is 0.252 e. The van der Waals surface area contributed by atoms with Crippen LogP contribution in [-0.4, -0.2) is 29.0 Å². The quantitative estimate of drug-likeness (QED) is 0.712. The van der Waals surface area contributed by atoms with Gasteiger partial charge in [0.1, 0.15) is 12.4 Å². The third-order valence-electron chi connectivity index (χ3n) is 5.82. The molecule has 2 aromatic rings. The lowest BCUT2D eigenvalue weighted by atomic mass is 9.84. The molecule has 0 radical (unpaired) electrons. The van der Waals surface area contributed by atoms with Gasteiger partial charge in [0.25, 0.3) is 11.5 Å². The molecule has 0 saturated heterocycles. The number of nitrogens with one attached hydrogen (secondary N) is 2. The maximum atomic E-state index is 14.1. The minimum Gasteiger partial charge on any atom is -0.352 e. The molecule has 7 heteroatoms. The second-order valence-corrected chi connectivity index (χ2v) is 8.83. The number of hydrogen-bond donors (Lipinski definition) is 2. The van der Waals surface area contributed by atoms with Crippen LogP contribution >= 0.6 is 0 Å². The molecule has 0 spiro atoms. The summed E-state index contributed by atoms with van der Waals surface area (Å²) in [5.41, 5.74) is -0.175. The molecule has 1 fully saturated rings. The van der Waals surface area contributed by atoms with Crippen LogP contribution in [0.25, 0.3) is 0 Å². The van der Waals surface area contributed by atoms with Gasteiger partial charge in [-0.3, -0.25) is 14.4 Å². The molecule has 0 aliphatic heterocycles. The Bertz CT molecular complexity index is 994. The number of pyridine rings is 1. The van der Waals surface area contributed by atoms with E-state index >= 15 is 0 Å². The molecule has 2 amide bonds. The summed E-state index contributed by atoms with van der Waals surface area (Å²) in [4.78, 5) is 37.2. The van der Waals surface area contributed by atoms with Crippen molar-refractivity contribution in [3.8, 4) is 0 Å². The lowest BCUT2D eigenvalue weighted by Crippen LogP contribution is -2.40. The number of rotatable bonds is 7. The molecule has 6 nitrogen and oxygen atoms in total. The number of carbonyl (C=O) groups is 2.